The number of nitrogens with one attached hydrogen (secondary N) is 1. The van der Waals surface area contributed by atoms with Crippen LogP contribution in [0.25, 0.3) is 0 Å². The van der Waals surface area contributed by atoms with Gasteiger partial charge in [0.1, 0.15) is 0 Å². The second-order valence-corrected chi connectivity index (χ2v) is 6.30. The largest absolute Gasteiger partial charge is 0.493 e. The maximum atomic E-state index is 12.5. The molecule has 0 unspecified atom stereocenters. The van der Waals surface area contributed by atoms with Gasteiger partial charge in [-0.15, -0.1) is 0 Å². The van der Waals surface area contributed by atoms with Crippen LogP contribution in [0.1, 0.15) is 18.4 Å². The molecule has 0 spiro atoms. The van der Waals surface area contributed by atoms with Gasteiger partial charge in [0, 0.05) is 32.7 Å². The van der Waals surface area contributed by atoms with Crippen LogP contribution in [-0.2, 0) is 20.7 Å². The van der Waals surface area contributed by atoms with Crippen molar-refractivity contribution in [3.05, 3.63) is 23.8 Å². The van der Waals surface area contributed by atoms with E-state index in [1.165, 1.54) is 0 Å². The zero-order valence-corrected chi connectivity index (χ0v) is 15.7. The average molecular weight is 364 g/mol. The fraction of sp³-hybridized carbons (Fsp3) is 0.579. The summed E-state index contributed by atoms with van der Waals surface area (Å²) < 4.78 is 15.4. The van der Waals surface area contributed by atoms with E-state index in [2.05, 4.69) is 5.32 Å². The van der Waals surface area contributed by atoms with Crippen LogP contribution in [0.4, 0.5) is 0 Å². The molecule has 1 fully saturated rings. The summed E-state index contributed by atoms with van der Waals surface area (Å²) in [5, 5.41) is 2.87. The molecule has 0 aromatic heterocycles. The second kappa shape index (κ2) is 10.0. The van der Waals surface area contributed by atoms with Crippen LogP contribution >= 0.6 is 0 Å². The maximum Gasteiger partial charge on any atom is 0.226 e. The Bertz CT molecular complexity index is 612. The van der Waals surface area contributed by atoms with E-state index < -0.39 is 0 Å². The van der Waals surface area contributed by atoms with Gasteiger partial charge in [-0.05, 0) is 30.5 Å². The van der Waals surface area contributed by atoms with Crippen molar-refractivity contribution in [2.24, 2.45) is 5.92 Å². The Kier molecular flexibility index (Phi) is 7.72. The van der Waals surface area contributed by atoms with Gasteiger partial charge in [-0.2, -0.15) is 0 Å². The van der Waals surface area contributed by atoms with E-state index in [9.17, 15) is 9.59 Å². The number of nitrogens with zero attached hydrogens (tertiary/aromatic N) is 1. The summed E-state index contributed by atoms with van der Waals surface area (Å²) in [6.45, 7) is 2.24. The Morgan fingerprint density at radius 3 is 2.42 bits per heavy atom. The first-order valence-corrected chi connectivity index (χ1v) is 8.84. The molecule has 1 aromatic rings. The molecule has 0 aliphatic carbocycles. The molecule has 2 rings (SSSR count). The first kappa shape index (κ1) is 20.0. The van der Waals surface area contributed by atoms with Gasteiger partial charge in [0.25, 0.3) is 0 Å². The van der Waals surface area contributed by atoms with Gasteiger partial charge in [-0.25, -0.2) is 0 Å². The highest BCUT2D eigenvalue weighted by atomic mass is 16.5. The van der Waals surface area contributed by atoms with Gasteiger partial charge in [0.2, 0.25) is 11.8 Å². The molecular formula is C19H28N2O5. The number of piperidine rings is 1. The molecule has 1 aromatic carbocycles. The van der Waals surface area contributed by atoms with Gasteiger partial charge in [0.05, 0.1) is 27.2 Å². The third kappa shape index (κ3) is 5.36. The molecule has 26 heavy (non-hydrogen) atoms. The quantitative estimate of drug-likeness (QED) is 0.703. The van der Waals surface area contributed by atoms with Crippen molar-refractivity contribution in [3.63, 3.8) is 0 Å². The van der Waals surface area contributed by atoms with Crippen molar-refractivity contribution in [3.8, 4) is 11.5 Å². The highest BCUT2D eigenvalue weighted by molar-refractivity contribution is 5.81. The van der Waals surface area contributed by atoms with Crippen molar-refractivity contribution in [1.29, 1.82) is 0 Å². The zero-order valence-electron chi connectivity index (χ0n) is 15.7. The number of likely N-dealkylation sites (tertiary alicyclic amines) is 1. The van der Waals surface area contributed by atoms with Crippen LogP contribution in [0.5, 0.6) is 11.5 Å². The predicted octanol–water partition coefficient (Wildman–Crippen LogP) is 1.25. The number of rotatable bonds is 8. The third-order valence-electron chi connectivity index (χ3n) is 4.63. The van der Waals surface area contributed by atoms with Crippen molar-refractivity contribution in [2.45, 2.75) is 19.3 Å². The molecule has 0 atom stereocenters. The van der Waals surface area contributed by atoms with Crippen molar-refractivity contribution < 1.29 is 23.8 Å². The lowest BCUT2D eigenvalue weighted by Gasteiger charge is -2.31. The summed E-state index contributed by atoms with van der Waals surface area (Å²) in [4.78, 5) is 26.5. The first-order chi connectivity index (χ1) is 12.6. The second-order valence-electron chi connectivity index (χ2n) is 6.30. The Morgan fingerprint density at radius 1 is 1.12 bits per heavy atom. The van der Waals surface area contributed by atoms with Crippen molar-refractivity contribution >= 4 is 11.8 Å². The molecule has 2 amide bonds. The average Bonchev–Trinajstić information content (AvgIpc) is 2.68. The minimum absolute atomic E-state index is 0.0306. The molecule has 7 nitrogen and oxygen atoms in total. The number of carbonyl (C=O) groups excluding carboxylic acids is 2. The summed E-state index contributed by atoms with van der Waals surface area (Å²) >= 11 is 0. The molecule has 144 valence electrons. The first-order valence-electron chi connectivity index (χ1n) is 8.84. The Balaban J connectivity index is 1.84. The number of ether oxygens (including phenoxy) is 3. The normalized spacial score (nSPS) is 14.8. The lowest BCUT2D eigenvalue weighted by atomic mass is 9.95. The van der Waals surface area contributed by atoms with E-state index in [1.54, 1.807) is 27.4 Å². The van der Waals surface area contributed by atoms with Gasteiger partial charge in [0.15, 0.2) is 11.5 Å². The van der Waals surface area contributed by atoms with Gasteiger partial charge in [-0.1, -0.05) is 6.07 Å². The highest BCUT2D eigenvalue weighted by Gasteiger charge is 2.27. The lowest BCUT2D eigenvalue weighted by Crippen LogP contribution is -2.44. The maximum absolute atomic E-state index is 12.5. The molecule has 0 radical (unpaired) electrons. The Hall–Kier alpha value is -2.28. The zero-order chi connectivity index (χ0) is 18.9. The Labute approximate surface area is 154 Å². The molecule has 1 saturated heterocycles. The summed E-state index contributed by atoms with van der Waals surface area (Å²) in [6, 6.07) is 5.50. The Morgan fingerprint density at radius 2 is 1.81 bits per heavy atom. The van der Waals surface area contributed by atoms with Crippen LogP contribution in [0.15, 0.2) is 18.2 Å². The molecule has 1 aliphatic rings. The SMILES string of the molecule is COCCNC(=O)C1CCN(C(=O)Cc2ccc(OC)c(OC)c2)CC1. The number of benzene rings is 1. The van der Waals surface area contributed by atoms with E-state index in [-0.39, 0.29) is 17.7 Å². The number of hydrogen-bond donors (Lipinski definition) is 1. The van der Waals surface area contributed by atoms with E-state index in [1.807, 2.05) is 17.0 Å². The van der Waals surface area contributed by atoms with Gasteiger partial charge < -0.3 is 24.4 Å². The molecular weight excluding hydrogens is 336 g/mol. The van der Waals surface area contributed by atoms with Gasteiger partial charge >= 0.3 is 0 Å². The number of carbonyl (C=O) groups is 2. The summed E-state index contributed by atoms with van der Waals surface area (Å²) in [6.07, 6.45) is 1.69. The van der Waals surface area contributed by atoms with E-state index in [0.717, 1.165) is 5.56 Å². The van der Waals surface area contributed by atoms with Crippen LogP contribution < -0.4 is 14.8 Å². The fourth-order valence-corrected chi connectivity index (χ4v) is 3.09. The minimum Gasteiger partial charge on any atom is -0.493 e. The molecule has 1 aliphatic heterocycles. The molecule has 0 saturated carbocycles. The van der Waals surface area contributed by atoms with Crippen LogP contribution in [0, 0.1) is 5.92 Å². The minimum atomic E-state index is -0.0306. The van der Waals surface area contributed by atoms with E-state index >= 15 is 0 Å². The standard InChI is InChI=1S/C19H28N2O5/c1-24-11-8-20-19(23)15-6-9-21(10-7-15)18(22)13-14-4-5-16(25-2)17(12-14)26-3/h4-5,12,15H,6-11,13H2,1-3H3,(H,20,23). The molecule has 0 bridgehead atoms. The van der Waals surface area contributed by atoms with Crippen LogP contribution in [-0.4, -0.2) is 64.3 Å². The van der Waals surface area contributed by atoms with Crippen LogP contribution in [0.3, 0.4) is 0 Å². The molecule has 1 N–H and O–H groups in total. The van der Waals surface area contributed by atoms with E-state index in [4.69, 9.17) is 14.2 Å². The highest BCUT2D eigenvalue weighted by Crippen LogP contribution is 2.28. The summed E-state index contributed by atoms with van der Waals surface area (Å²) in [7, 11) is 4.76. The summed E-state index contributed by atoms with van der Waals surface area (Å²) in [5.74, 6) is 1.34. The number of hydrogen-bond acceptors (Lipinski definition) is 5. The summed E-state index contributed by atoms with van der Waals surface area (Å²) in [5.41, 5.74) is 0.882. The fourth-order valence-electron chi connectivity index (χ4n) is 3.09. The van der Waals surface area contributed by atoms with Crippen molar-refractivity contribution in [2.75, 3.05) is 47.6 Å². The van der Waals surface area contributed by atoms with E-state index in [0.29, 0.717) is 57.0 Å². The number of methoxy groups -OCH3 is 3. The number of amides is 2. The molecule has 1 heterocycles. The predicted molar refractivity (Wildman–Crippen MR) is 97.4 cm³/mol. The smallest absolute Gasteiger partial charge is 0.226 e. The third-order valence-corrected chi connectivity index (χ3v) is 4.63. The van der Waals surface area contributed by atoms with Crippen molar-refractivity contribution in [1.82, 2.24) is 10.2 Å². The molecule has 7 heteroatoms. The topological polar surface area (TPSA) is 77.1 Å². The monoisotopic (exact) mass is 364 g/mol. The lowest BCUT2D eigenvalue weighted by molar-refractivity contribution is -0.135. The van der Waals surface area contributed by atoms with Gasteiger partial charge in [-0.3, -0.25) is 9.59 Å². The van der Waals surface area contributed by atoms with Crippen LogP contribution in [0.2, 0.25) is 0 Å².